The molecule has 1 aliphatic rings. The van der Waals surface area contributed by atoms with Crippen molar-refractivity contribution in [2.45, 2.75) is 12.8 Å². The summed E-state index contributed by atoms with van der Waals surface area (Å²) in [5.74, 6) is 0.0112. The van der Waals surface area contributed by atoms with Crippen LogP contribution in [-0.2, 0) is 4.74 Å². The highest BCUT2D eigenvalue weighted by Gasteiger charge is 2.27. The van der Waals surface area contributed by atoms with E-state index in [9.17, 15) is 4.79 Å². The van der Waals surface area contributed by atoms with Crippen molar-refractivity contribution in [3.63, 3.8) is 0 Å². The molecule has 2 heterocycles. The Morgan fingerprint density at radius 2 is 2.14 bits per heavy atom. The molecule has 0 saturated heterocycles. The van der Waals surface area contributed by atoms with Gasteiger partial charge in [0.05, 0.1) is 30.5 Å². The highest BCUT2D eigenvalue weighted by atomic mass is 16.6. The Hall–Kier alpha value is -2.63. The molecule has 1 unspecified atom stereocenters. The van der Waals surface area contributed by atoms with Crippen LogP contribution in [0.2, 0.25) is 0 Å². The maximum atomic E-state index is 11.7. The molecular weight excluding hydrogens is 268 g/mol. The molecule has 0 bridgehead atoms. The van der Waals surface area contributed by atoms with E-state index in [0.29, 0.717) is 13.2 Å². The Kier molecular flexibility index (Phi) is 3.68. The average molecular weight is 284 g/mol. The molecule has 1 aromatic carbocycles. The number of hydrogen-bond acceptors (Lipinski definition) is 4. The fourth-order valence-corrected chi connectivity index (χ4v) is 2.31. The number of carbonyl (C=O) groups is 1. The van der Waals surface area contributed by atoms with Crippen LogP contribution in [0.5, 0.6) is 0 Å². The Labute approximate surface area is 122 Å². The van der Waals surface area contributed by atoms with E-state index in [1.807, 2.05) is 41.1 Å². The zero-order chi connectivity index (χ0) is 14.7. The van der Waals surface area contributed by atoms with Crippen molar-refractivity contribution >= 4 is 12.3 Å². The molecule has 0 N–H and O–H groups in total. The van der Waals surface area contributed by atoms with Crippen molar-refractivity contribution in [1.82, 2.24) is 14.8 Å². The van der Waals surface area contributed by atoms with Crippen molar-refractivity contribution in [2.75, 3.05) is 13.2 Å². The lowest BCUT2D eigenvalue weighted by molar-refractivity contribution is 0.111. The van der Waals surface area contributed by atoms with Gasteiger partial charge in [0.25, 0.3) is 0 Å². The SMILES string of the molecule is CCOC(=O)N1CC(c2ccnn2-c2ccccc2)C=N1. The van der Waals surface area contributed by atoms with E-state index in [1.165, 1.54) is 5.01 Å². The maximum absolute atomic E-state index is 11.7. The van der Waals surface area contributed by atoms with Crippen molar-refractivity contribution in [3.8, 4) is 5.69 Å². The van der Waals surface area contributed by atoms with Crippen LogP contribution in [0.15, 0.2) is 47.7 Å². The van der Waals surface area contributed by atoms with Crippen LogP contribution in [-0.4, -0.2) is 40.2 Å². The second kappa shape index (κ2) is 5.78. The number of hydrazone groups is 1. The molecule has 6 nitrogen and oxygen atoms in total. The fourth-order valence-electron chi connectivity index (χ4n) is 2.31. The van der Waals surface area contributed by atoms with Gasteiger partial charge in [-0.2, -0.15) is 15.2 Å². The molecular formula is C15H16N4O2. The van der Waals surface area contributed by atoms with Gasteiger partial charge in [-0.3, -0.25) is 0 Å². The molecule has 1 aliphatic heterocycles. The molecule has 2 aromatic rings. The normalized spacial score (nSPS) is 17.2. The van der Waals surface area contributed by atoms with Crippen LogP contribution in [0.1, 0.15) is 18.5 Å². The van der Waals surface area contributed by atoms with Crippen LogP contribution < -0.4 is 0 Å². The van der Waals surface area contributed by atoms with Gasteiger partial charge in [-0.1, -0.05) is 18.2 Å². The largest absolute Gasteiger partial charge is 0.448 e. The molecule has 0 radical (unpaired) electrons. The number of ether oxygens (including phenoxy) is 1. The minimum atomic E-state index is -0.415. The summed E-state index contributed by atoms with van der Waals surface area (Å²) in [6.07, 6.45) is 3.10. The lowest BCUT2D eigenvalue weighted by Gasteiger charge is -2.14. The van der Waals surface area contributed by atoms with Crippen molar-refractivity contribution < 1.29 is 9.53 Å². The molecule has 3 rings (SSSR count). The van der Waals surface area contributed by atoms with Crippen molar-refractivity contribution in [1.29, 1.82) is 0 Å². The molecule has 108 valence electrons. The Morgan fingerprint density at radius 3 is 2.90 bits per heavy atom. The predicted molar refractivity (Wildman–Crippen MR) is 78.5 cm³/mol. The van der Waals surface area contributed by atoms with E-state index < -0.39 is 6.09 Å². The minimum absolute atomic E-state index is 0.0112. The first-order valence-electron chi connectivity index (χ1n) is 6.87. The summed E-state index contributed by atoms with van der Waals surface area (Å²) in [5.41, 5.74) is 1.98. The lowest BCUT2D eigenvalue weighted by Crippen LogP contribution is -2.26. The summed E-state index contributed by atoms with van der Waals surface area (Å²) in [4.78, 5) is 11.7. The highest BCUT2D eigenvalue weighted by Crippen LogP contribution is 2.23. The van der Waals surface area contributed by atoms with Crippen LogP contribution in [0.3, 0.4) is 0 Å². The van der Waals surface area contributed by atoms with Gasteiger partial charge in [0, 0.05) is 12.4 Å². The molecule has 0 aliphatic carbocycles. The Balaban J connectivity index is 1.80. The first-order valence-corrected chi connectivity index (χ1v) is 6.87. The smallest absolute Gasteiger partial charge is 0.430 e. The topological polar surface area (TPSA) is 59.7 Å². The van der Waals surface area contributed by atoms with E-state index in [-0.39, 0.29) is 5.92 Å². The molecule has 1 atom stereocenters. The van der Waals surface area contributed by atoms with Gasteiger partial charge < -0.3 is 4.74 Å². The molecule has 21 heavy (non-hydrogen) atoms. The number of carbonyl (C=O) groups excluding carboxylic acids is 1. The van der Waals surface area contributed by atoms with Crippen LogP contribution in [0.25, 0.3) is 5.69 Å². The first kappa shape index (κ1) is 13.4. The molecule has 1 aromatic heterocycles. The predicted octanol–water partition coefficient (Wildman–Crippen LogP) is 2.41. The number of hydrogen-bond donors (Lipinski definition) is 0. The summed E-state index contributed by atoms with van der Waals surface area (Å²) in [6.45, 7) is 2.59. The quantitative estimate of drug-likeness (QED) is 0.869. The Bertz CT molecular complexity index is 651. The zero-order valence-corrected chi connectivity index (χ0v) is 11.7. The standard InChI is InChI=1S/C15H16N4O2/c1-2-21-15(20)18-11-12(10-17-18)14-8-9-16-19(14)13-6-4-3-5-7-13/h3-10,12H,2,11H2,1H3. The van der Waals surface area contributed by atoms with E-state index in [4.69, 9.17) is 4.74 Å². The number of benzene rings is 1. The van der Waals surface area contributed by atoms with Gasteiger partial charge in [0.15, 0.2) is 0 Å². The number of nitrogens with zero attached hydrogens (tertiary/aromatic N) is 4. The first-order chi connectivity index (χ1) is 10.3. The molecule has 0 saturated carbocycles. The summed E-state index contributed by atoms with van der Waals surface area (Å²) in [5, 5.41) is 9.82. The van der Waals surface area contributed by atoms with Crippen LogP contribution in [0, 0.1) is 0 Å². The number of aromatic nitrogens is 2. The Morgan fingerprint density at radius 1 is 1.33 bits per heavy atom. The number of amides is 1. The van der Waals surface area contributed by atoms with E-state index in [2.05, 4.69) is 10.2 Å². The second-order valence-electron chi connectivity index (χ2n) is 4.66. The third-order valence-corrected chi connectivity index (χ3v) is 3.29. The van der Waals surface area contributed by atoms with Gasteiger partial charge in [-0.05, 0) is 25.1 Å². The van der Waals surface area contributed by atoms with Gasteiger partial charge in [-0.25, -0.2) is 9.48 Å². The van der Waals surface area contributed by atoms with Gasteiger partial charge >= 0.3 is 6.09 Å². The zero-order valence-electron chi connectivity index (χ0n) is 11.7. The minimum Gasteiger partial charge on any atom is -0.448 e. The fraction of sp³-hybridized carbons (Fsp3) is 0.267. The maximum Gasteiger partial charge on any atom is 0.430 e. The summed E-state index contributed by atoms with van der Waals surface area (Å²) in [6, 6.07) is 11.8. The number of para-hydroxylation sites is 1. The summed E-state index contributed by atoms with van der Waals surface area (Å²) in [7, 11) is 0. The monoisotopic (exact) mass is 284 g/mol. The molecule has 1 amide bonds. The van der Waals surface area contributed by atoms with E-state index in [1.54, 1.807) is 19.3 Å². The van der Waals surface area contributed by atoms with Gasteiger partial charge in [0.1, 0.15) is 0 Å². The van der Waals surface area contributed by atoms with Crippen molar-refractivity contribution in [2.24, 2.45) is 5.10 Å². The second-order valence-corrected chi connectivity index (χ2v) is 4.66. The lowest BCUT2D eigenvalue weighted by atomic mass is 10.1. The summed E-state index contributed by atoms with van der Waals surface area (Å²) < 4.78 is 6.82. The van der Waals surface area contributed by atoms with E-state index in [0.717, 1.165) is 11.4 Å². The number of rotatable bonds is 3. The van der Waals surface area contributed by atoms with Crippen molar-refractivity contribution in [3.05, 3.63) is 48.3 Å². The van der Waals surface area contributed by atoms with Crippen LogP contribution >= 0.6 is 0 Å². The molecule has 6 heteroatoms. The van der Waals surface area contributed by atoms with E-state index >= 15 is 0 Å². The third kappa shape index (κ3) is 2.65. The average Bonchev–Trinajstić information content (AvgIpc) is 3.17. The highest BCUT2D eigenvalue weighted by molar-refractivity contribution is 5.76. The van der Waals surface area contributed by atoms with Gasteiger partial charge in [0.2, 0.25) is 0 Å². The molecule has 0 fully saturated rings. The molecule has 0 spiro atoms. The van der Waals surface area contributed by atoms with Gasteiger partial charge in [-0.15, -0.1) is 0 Å². The summed E-state index contributed by atoms with van der Waals surface area (Å²) >= 11 is 0. The third-order valence-electron chi connectivity index (χ3n) is 3.29. The van der Waals surface area contributed by atoms with Crippen LogP contribution in [0.4, 0.5) is 4.79 Å².